The van der Waals surface area contributed by atoms with Gasteiger partial charge in [-0.3, -0.25) is 0 Å². The molecule has 1 unspecified atom stereocenters. The molecule has 2 rings (SSSR count). The Bertz CT molecular complexity index is 378. The second-order valence-corrected chi connectivity index (χ2v) is 5.43. The fraction of sp³-hybridized carbons (Fsp3) is 0.688. The second-order valence-electron chi connectivity index (χ2n) is 5.43. The molecule has 1 aromatic heterocycles. The Kier molecular flexibility index (Phi) is 5.49. The van der Waals surface area contributed by atoms with E-state index in [0.29, 0.717) is 6.04 Å². The first kappa shape index (κ1) is 14.2. The molecule has 3 heteroatoms. The summed E-state index contributed by atoms with van der Waals surface area (Å²) in [4.78, 5) is 7.00. The molecule has 0 radical (unpaired) electrons. The number of nitrogens with zero attached hydrogens (tertiary/aromatic N) is 2. The van der Waals surface area contributed by atoms with E-state index in [4.69, 9.17) is 0 Å². The number of hydrogen-bond acceptors (Lipinski definition) is 3. The zero-order valence-electron chi connectivity index (χ0n) is 12.4. The summed E-state index contributed by atoms with van der Waals surface area (Å²) in [5.41, 5.74) is 1.34. The normalized spacial score (nSPS) is 20.1. The van der Waals surface area contributed by atoms with E-state index in [1.54, 1.807) is 0 Å². The predicted molar refractivity (Wildman–Crippen MR) is 82.9 cm³/mol. The summed E-state index contributed by atoms with van der Waals surface area (Å²) in [5.74, 6) is 1.01. The lowest BCUT2D eigenvalue weighted by Gasteiger charge is -2.31. The zero-order valence-corrected chi connectivity index (χ0v) is 12.4. The van der Waals surface area contributed by atoms with Crippen LogP contribution in [0.1, 0.15) is 52.4 Å². The van der Waals surface area contributed by atoms with E-state index in [2.05, 4.69) is 41.2 Å². The SMILES string of the molecule is CCCNc1cc(N2CCCCCC2CC)ccn1. The summed E-state index contributed by atoms with van der Waals surface area (Å²) in [6.07, 6.45) is 9.70. The van der Waals surface area contributed by atoms with Crippen LogP contribution in [0.25, 0.3) is 0 Å². The van der Waals surface area contributed by atoms with Crippen LogP contribution in [0.15, 0.2) is 18.3 Å². The van der Waals surface area contributed by atoms with Crippen LogP contribution < -0.4 is 10.2 Å². The molecule has 1 saturated heterocycles. The highest BCUT2D eigenvalue weighted by atomic mass is 15.2. The lowest BCUT2D eigenvalue weighted by molar-refractivity contribution is 0.556. The third kappa shape index (κ3) is 3.85. The maximum Gasteiger partial charge on any atom is 0.127 e. The van der Waals surface area contributed by atoms with Crippen molar-refractivity contribution in [3.8, 4) is 0 Å². The average molecular weight is 261 g/mol. The molecule has 1 aliphatic rings. The van der Waals surface area contributed by atoms with Crippen LogP contribution in [0.3, 0.4) is 0 Å². The maximum atomic E-state index is 4.41. The van der Waals surface area contributed by atoms with Gasteiger partial charge in [0.25, 0.3) is 0 Å². The summed E-state index contributed by atoms with van der Waals surface area (Å²) in [5, 5.41) is 3.38. The Hall–Kier alpha value is -1.25. The van der Waals surface area contributed by atoms with Crippen LogP contribution in [-0.4, -0.2) is 24.1 Å². The number of rotatable bonds is 5. The molecule has 106 valence electrons. The van der Waals surface area contributed by atoms with Crippen molar-refractivity contribution in [1.82, 2.24) is 4.98 Å². The van der Waals surface area contributed by atoms with E-state index < -0.39 is 0 Å². The van der Waals surface area contributed by atoms with E-state index in [1.165, 1.54) is 44.3 Å². The Labute approximate surface area is 117 Å². The third-order valence-corrected chi connectivity index (χ3v) is 3.98. The lowest BCUT2D eigenvalue weighted by atomic mass is 10.1. The van der Waals surface area contributed by atoms with Gasteiger partial charge in [0, 0.05) is 37.1 Å². The molecule has 0 aromatic carbocycles. The van der Waals surface area contributed by atoms with Gasteiger partial charge >= 0.3 is 0 Å². The Morgan fingerprint density at radius 1 is 1.32 bits per heavy atom. The Balaban J connectivity index is 2.13. The van der Waals surface area contributed by atoms with Crippen LogP contribution in [0.5, 0.6) is 0 Å². The lowest BCUT2D eigenvalue weighted by Crippen LogP contribution is -2.34. The molecule has 0 bridgehead atoms. The number of anilines is 2. The minimum Gasteiger partial charge on any atom is -0.370 e. The Morgan fingerprint density at radius 3 is 3.00 bits per heavy atom. The summed E-state index contributed by atoms with van der Waals surface area (Å²) in [7, 11) is 0. The van der Waals surface area contributed by atoms with Gasteiger partial charge in [0.2, 0.25) is 0 Å². The van der Waals surface area contributed by atoms with Crippen molar-refractivity contribution < 1.29 is 0 Å². The van der Waals surface area contributed by atoms with E-state index in [9.17, 15) is 0 Å². The van der Waals surface area contributed by atoms with Crippen molar-refractivity contribution in [3.63, 3.8) is 0 Å². The number of aromatic nitrogens is 1. The molecule has 0 aliphatic carbocycles. The van der Waals surface area contributed by atoms with Gasteiger partial charge in [0.15, 0.2) is 0 Å². The van der Waals surface area contributed by atoms with Crippen molar-refractivity contribution in [2.75, 3.05) is 23.3 Å². The third-order valence-electron chi connectivity index (χ3n) is 3.98. The monoisotopic (exact) mass is 261 g/mol. The van der Waals surface area contributed by atoms with E-state index in [0.717, 1.165) is 18.8 Å². The van der Waals surface area contributed by atoms with Crippen molar-refractivity contribution in [2.45, 2.75) is 58.4 Å². The Morgan fingerprint density at radius 2 is 2.21 bits per heavy atom. The van der Waals surface area contributed by atoms with Gasteiger partial charge in [-0.1, -0.05) is 26.7 Å². The largest absolute Gasteiger partial charge is 0.370 e. The van der Waals surface area contributed by atoms with E-state index in [-0.39, 0.29) is 0 Å². The molecule has 1 aromatic rings. The van der Waals surface area contributed by atoms with Crippen LogP contribution in [0.4, 0.5) is 11.5 Å². The first-order valence-electron chi connectivity index (χ1n) is 7.81. The minimum absolute atomic E-state index is 0.698. The minimum atomic E-state index is 0.698. The average Bonchev–Trinajstić information content (AvgIpc) is 2.70. The molecule has 19 heavy (non-hydrogen) atoms. The van der Waals surface area contributed by atoms with Gasteiger partial charge in [-0.2, -0.15) is 0 Å². The van der Waals surface area contributed by atoms with Crippen LogP contribution >= 0.6 is 0 Å². The molecule has 0 amide bonds. The first-order chi connectivity index (χ1) is 9.35. The van der Waals surface area contributed by atoms with E-state index in [1.807, 2.05) is 6.20 Å². The fourth-order valence-corrected chi connectivity index (χ4v) is 2.89. The number of pyridine rings is 1. The topological polar surface area (TPSA) is 28.2 Å². The highest BCUT2D eigenvalue weighted by molar-refractivity contribution is 5.54. The molecule has 1 fully saturated rings. The van der Waals surface area contributed by atoms with Crippen molar-refractivity contribution in [1.29, 1.82) is 0 Å². The smallest absolute Gasteiger partial charge is 0.127 e. The van der Waals surface area contributed by atoms with Gasteiger partial charge in [-0.25, -0.2) is 4.98 Å². The summed E-state index contributed by atoms with van der Waals surface area (Å²) >= 11 is 0. The van der Waals surface area contributed by atoms with Crippen LogP contribution in [-0.2, 0) is 0 Å². The van der Waals surface area contributed by atoms with Gasteiger partial charge in [0.05, 0.1) is 0 Å². The quantitative estimate of drug-likeness (QED) is 0.866. The highest BCUT2D eigenvalue weighted by Crippen LogP contribution is 2.26. The molecule has 1 atom stereocenters. The first-order valence-corrected chi connectivity index (χ1v) is 7.81. The highest BCUT2D eigenvalue weighted by Gasteiger charge is 2.19. The summed E-state index contributed by atoms with van der Waals surface area (Å²) in [6, 6.07) is 5.07. The molecule has 0 spiro atoms. The van der Waals surface area contributed by atoms with Gasteiger partial charge in [-0.05, 0) is 31.7 Å². The zero-order chi connectivity index (χ0) is 13.5. The van der Waals surface area contributed by atoms with Gasteiger partial charge in [-0.15, -0.1) is 0 Å². The molecule has 2 heterocycles. The molecule has 1 aliphatic heterocycles. The van der Waals surface area contributed by atoms with Gasteiger partial charge < -0.3 is 10.2 Å². The van der Waals surface area contributed by atoms with Gasteiger partial charge in [0.1, 0.15) is 5.82 Å². The standard InChI is InChI=1S/C16H27N3/c1-3-10-17-16-13-15(9-11-18-16)19-12-7-5-6-8-14(19)4-2/h9,11,13-14H,3-8,10,12H2,1-2H3,(H,17,18). The van der Waals surface area contributed by atoms with E-state index >= 15 is 0 Å². The number of hydrogen-bond donors (Lipinski definition) is 1. The van der Waals surface area contributed by atoms with Crippen molar-refractivity contribution in [2.24, 2.45) is 0 Å². The summed E-state index contributed by atoms with van der Waals surface area (Å²) < 4.78 is 0. The maximum absolute atomic E-state index is 4.41. The van der Waals surface area contributed by atoms with Crippen LogP contribution in [0, 0.1) is 0 Å². The number of nitrogens with one attached hydrogen (secondary N) is 1. The molecule has 0 saturated carbocycles. The molecule has 1 N–H and O–H groups in total. The molecular formula is C16H27N3. The van der Waals surface area contributed by atoms with Crippen molar-refractivity contribution in [3.05, 3.63) is 18.3 Å². The predicted octanol–water partition coefficient (Wildman–Crippen LogP) is 4.06. The molecular weight excluding hydrogens is 234 g/mol. The van der Waals surface area contributed by atoms with Crippen LogP contribution in [0.2, 0.25) is 0 Å². The summed E-state index contributed by atoms with van der Waals surface area (Å²) in [6.45, 7) is 6.67. The van der Waals surface area contributed by atoms with Crippen molar-refractivity contribution >= 4 is 11.5 Å². The second kappa shape index (κ2) is 7.37. The molecule has 3 nitrogen and oxygen atoms in total. The fourth-order valence-electron chi connectivity index (χ4n) is 2.89.